The number of aliphatic hydroxyl groups is 1. The lowest BCUT2D eigenvalue weighted by Crippen LogP contribution is -2.36. The molecule has 7 heteroatoms. The zero-order valence-electron chi connectivity index (χ0n) is 13.3. The Bertz CT molecular complexity index is 967. The highest BCUT2D eigenvalue weighted by Gasteiger charge is 2.12. The average molecular weight is 358 g/mol. The van der Waals surface area contributed by atoms with Crippen molar-refractivity contribution in [3.8, 4) is 0 Å². The first-order valence-corrected chi connectivity index (χ1v) is 8.12. The molecule has 0 unspecified atom stereocenters. The molecule has 0 fully saturated rings. The normalized spacial score (nSPS) is 10.8. The minimum absolute atomic E-state index is 0.0907. The van der Waals surface area contributed by atoms with Gasteiger partial charge < -0.3 is 5.11 Å². The molecule has 0 atom stereocenters. The molecular weight excluding hydrogens is 342 g/mol. The van der Waals surface area contributed by atoms with Crippen molar-refractivity contribution in [1.82, 2.24) is 9.89 Å². The standard InChI is InChI=1S/C18H16ClN3O3/c19-13-7-5-12(6-8-13)11-17(24)21-22-18(25)15-4-2-1-3-14(15)16(20-22)9-10-23/h1-8,23H,9-11H2,(H,21,24). The Kier molecular flexibility index (Phi) is 5.11. The van der Waals surface area contributed by atoms with Gasteiger partial charge in [0.15, 0.2) is 0 Å². The molecule has 3 rings (SSSR count). The molecular formula is C18H16ClN3O3. The summed E-state index contributed by atoms with van der Waals surface area (Å²) in [6.07, 6.45) is 0.376. The Hall–Kier alpha value is -2.70. The molecule has 0 bridgehead atoms. The molecule has 0 aliphatic heterocycles. The Balaban J connectivity index is 1.90. The summed E-state index contributed by atoms with van der Waals surface area (Å²) in [4.78, 5) is 25.7. The van der Waals surface area contributed by atoms with Gasteiger partial charge in [0.2, 0.25) is 5.91 Å². The third-order valence-electron chi connectivity index (χ3n) is 3.74. The number of nitrogens with one attached hydrogen (secondary N) is 1. The number of hydrogen-bond acceptors (Lipinski definition) is 4. The monoisotopic (exact) mass is 357 g/mol. The Morgan fingerprint density at radius 2 is 1.80 bits per heavy atom. The molecule has 1 heterocycles. The first kappa shape index (κ1) is 17.1. The topological polar surface area (TPSA) is 84.2 Å². The lowest BCUT2D eigenvalue weighted by atomic mass is 10.1. The van der Waals surface area contributed by atoms with E-state index in [-0.39, 0.29) is 25.4 Å². The van der Waals surface area contributed by atoms with Crippen LogP contribution >= 0.6 is 11.6 Å². The van der Waals surface area contributed by atoms with Crippen molar-refractivity contribution in [1.29, 1.82) is 0 Å². The fraction of sp³-hybridized carbons (Fsp3) is 0.167. The van der Waals surface area contributed by atoms with Crippen LogP contribution in [0, 0.1) is 0 Å². The molecule has 0 aliphatic carbocycles. The third-order valence-corrected chi connectivity index (χ3v) is 3.99. The van der Waals surface area contributed by atoms with Crippen molar-refractivity contribution in [2.75, 3.05) is 12.0 Å². The number of hydrogen-bond donors (Lipinski definition) is 2. The maximum Gasteiger partial charge on any atom is 0.294 e. The van der Waals surface area contributed by atoms with Crippen LogP contribution in [-0.4, -0.2) is 27.5 Å². The summed E-state index contributed by atoms with van der Waals surface area (Å²) >= 11 is 5.82. The van der Waals surface area contributed by atoms with Gasteiger partial charge in [-0.25, -0.2) is 5.43 Å². The first-order valence-electron chi connectivity index (χ1n) is 7.74. The van der Waals surface area contributed by atoms with Crippen LogP contribution in [0.15, 0.2) is 53.3 Å². The fourth-order valence-corrected chi connectivity index (χ4v) is 2.69. The second kappa shape index (κ2) is 7.46. The predicted molar refractivity (Wildman–Crippen MR) is 96.3 cm³/mol. The molecule has 0 spiro atoms. The average Bonchev–Trinajstić information content (AvgIpc) is 2.61. The summed E-state index contributed by atoms with van der Waals surface area (Å²) in [6, 6.07) is 13.9. The van der Waals surface area contributed by atoms with Crippen LogP contribution in [-0.2, 0) is 17.6 Å². The number of fused-ring (bicyclic) bond motifs is 1. The molecule has 0 saturated heterocycles. The second-order valence-electron chi connectivity index (χ2n) is 5.52. The summed E-state index contributed by atoms with van der Waals surface area (Å²) in [6.45, 7) is -0.103. The largest absolute Gasteiger partial charge is 0.396 e. The van der Waals surface area contributed by atoms with E-state index in [0.29, 0.717) is 21.5 Å². The van der Waals surface area contributed by atoms with E-state index in [2.05, 4.69) is 10.5 Å². The van der Waals surface area contributed by atoms with Crippen LogP contribution in [0.25, 0.3) is 10.8 Å². The molecule has 0 saturated carbocycles. The van der Waals surface area contributed by atoms with Gasteiger partial charge >= 0.3 is 0 Å². The summed E-state index contributed by atoms with van der Waals surface area (Å²) in [5.41, 5.74) is 3.40. The smallest absolute Gasteiger partial charge is 0.294 e. The molecule has 6 nitrogen and oxygen atoms in total. The number of carbonyl (C=O) groups excluding carboxylic acids is 1. The maximum atomic E-state index is 12.5. The van der Waals surface area contributed by atoms with Crippen LogP contribution in [0.1, 0.15) is 11.3 Å². The van der Waals surface area contributed by atoms with E-state index in [1.165, 1.54) is 0 Å². The maximum absolute atomic E-state index is 12.5. The Morgan fingerprint density at radius 3 is 2.48 bits per heavy atom. The molecule has 128 valence electrons. The third kappa shape index (κ3) is 3.87. The molecule has 25 heavy (non-hydrogen) atoms. The van der Waals surface area contributed by atoms with Crippen molar-refractivity contribution < 1.29 is 9.90 Å². The van der Waals surface area contributed by atoms with Gasteiger partial charge in [-0.15, -0.1) is 4.79 Å². The minimum atomic E-state index is -0.415. The van der Waals surface area contributed by atoms with Gasteiger partial charge in [-0.1, -0.05) is 41.9 Å². The Labute approximate surface area is 148 Å². The highest BCUT2D eigenvalue weighted by molar-refractivity contribution is 6.30. The highest BCUT2D eigenvalue weighted by Crippen LogP contribution is 2.13. The second-order valence-corrected chi connectivity index (χ2v) is 5.96. The lowest BCUT2D eigenvalue weighted by Gasteiger charge is -2.11. The number of nitrogens with zero attached hydrogens (tertiary/aromatic N) is 2. The molecule has 2 N–H and O–H groups in total. The molecule has 3 aromatic rings. The van der Waals surface area contributed by atoms with Crippen molar-refractivity contribution in [2.24, 2.45) is 0 Å². The van der Waals surface area contributed by atoms with Crippen molar-refractivity contribution >= 4 is 28.3 Å². The quantitative estimate of drug-likeness (QED) is 0.730. The Morgan fingerprint density at radius 1 is 1.12 bits per heavy atom. The zero-order chi connectivity index (χ0) is 17.8. The van der Waals surface area contributed by atoms with Crippen LogP contribution in [0.4, 0.5) is 0 Å². The van der Waals surface area contributed by atoms with Gasteiger partial charge in [-0.05, 0) is 23.8 Å². The van der Waals surface area contributed by atoms with E-state index in [1.807, 2.05) is 0 Å². The van der Waals surface area contributed by atoms with Crippen LogP contribution in [0.5, 0.6) is 0 Å². The number of amides is 1. The van der Waals surface area contributed by atoms with Gasteiger partial charge in [0.05, 0.1) is 17.5 Å². The lowest BCUT2D eigenvalue weighted by molar-refractivity contribution is -0.116. The highest BCUT2D eigenvalue weighted by atomic mass is 35.5. The van der Waals surface area contributed by atoms with Crippen molar-refractivity contribution in [3.05, 3.63) is 75.2 Å². The van der Waals surface area contributed by atoms with E-state index >= 15 is 0 Å². The van der Waals surface area contributed by atoms with Gasteiger partial charge in [0.25, 0.3) is 5.56 Å². The summed E-state index contributed by atoms with van der Waals surface area (Å²) in [7, 11) is 0. The molecule has 2 aromatic carbocycles. The van der Waals surface area contributed by atoms with Gasteiger partial charge in [-0.3, -0.25) is 9.59 Å². The number of halogens is 1. The van der Waals surface area contributed by atoms with Crippen molar-refractivity contribution in [2.45, 2.75) is 12.8 Å². The van der Waals surface area contributed by atoms with Gasteiger partial charge in [0, 0.05) is 23.4 Å². The molecule has 0 radical (unpaired) electrons. The van der Waals surface area contributed by atoms with Crippen molar-refractivity contribution in [3.63, 3.8) is 0 Å². The van der Waals surface area contributed by atoms with Crippen LogP contribution in [0.3, 0.4) is 0 Å². The number of carbonyl (C=O) groups is 1. The summed E-state index contributed by atoms with van der Waals surface area (Å²) in [5, 5.41) is 15.1. The van der Waals surface area contributed by atoms with Crippen LogP contribution < -0.4 is 11.0 Å². The van der Waals surface area contributed by atoms with Gasteiger partial charge in [-0.2, -0.15) is 5.10 Å². The molecule has 1 amide bonds. The summed E-state index contributed by atoms with van der Waals surface area (Å²) in [5.74, 6) is -0.373. The zero-order valence-corrected chi connectivity index (χ0v) is 14.0. The fourth-order valence-electron chi connectivity index (χ4n) is 2.57. The predicted octanol–water partition coefficient (Wildman–Crippen LogP) is 1.90. The van der Waals surface area contributed by atoms with Crippen LogP contribution in [0.2, 0.25) is 5.02 Å². The van der Waals surface area contributed by atoms with E-state index in [0.717, 1.165) is 10.4 Å². The number of benzene rings is 2. The molecule has 1 aromatic heterocycles. The number of aromatic nitrogens is 2. The summed E-state index contributed by atoms with van der Waals surface area (Å²) < 4.78 is 0. The van der Waals surface area contributed by atoms with E-state index in [1.54, 1.807) is 48.5 Å². The van der Waals surface area contributed by atoms with E-state index in [4.69, 9.17) is 11.6 Å². The minimum Gasteiger partial charge on any atom is -0.396 e. The van der Waals surface area contributed by atoms with E-state index < -0.39 is 5.56 Å². The van der Waals surface area contributed by atoms with E-state index in [9.17, 15) is 14.7 Å². The SMILES string of the molecule is O=C(Cc1ccc(Cl)cc1)Nn1nc(CCO)c2ccccc2c1=O. The number of rotatable bonds is 5. The molecule has 0 aliphatic rings. The van der Waals surface area contributed by atoms with Gasteiger partial charge in [0.1, 0.15) is 0 Å². The number of aliphatic hydroxyl groups excluding tert-OH is 1. The first-order chi connectivity index (χ1) is 12.1.